The first-order chi connectivity index (χ1) is 20.1. The molecular weight excluding hydrogens is 540 g/mol. The fourth-order valence-corrected chi connectivity index (χ4v) is 12.9. The van der Waals surface area contributed by atoms with Gasteiger partial charge in [0.05, 0.1) is 36.1 Å². The van der Waals surface area contributed by atoms with Gasteiger partial charge in [0.2, 0.25) is 0 Å². The number of ketones is 1. The lowest BCUT2D eigenvalue weighted by Crippen LogP contribution is -2.80. The minimum Gasteiger partial charge on any atom is -0.472 e. The summed E-state index contributed by atoms with van der Waals surface area (Å²) in [7, 11) is 0. The fraction of sp³-hybridized carbons (Fsp3) is 0.788. The summed E-state index contributed by atoms with van der Waals surface area (Å²) in [5.74, 6) is -2.23. The number of cyclic esters (lactones) is 2. The molecule has 9 rings (SSSR count). The summed E-state index contributed by atoms with van der Waals surface area (Å²) < 4.78 is 31.3. The molecule has 1 aromatic heterocycles. The number of carbonyl (C=O) groups excluding carboxylic acids is 3. The molecule has 12 unspecified atom stereocenters. The number of hydrogen-bond acceptors (Lipinski definition) is 9. The highest BCUT2D eigenvalue weighted by molar-refractivity contribution is 5.92. The minimum absolute atomic E-state index is 0.0351. The molecule has 8 aliphatic rings. The van der Waals surface area contributed by atoms with Crippen LogP contribution in [0.5, 0.6) is 0 Å². The number of epoxide rings is 1. The molecule has 4 aliphatic carbocycles. The molecule has 9 nitrogen and oxygen atoms in total. The topological polar surface area (TPSA) is 125 Å². The van der Waals surface area contributed by atoms with E-state index in [0.717, 1.165) is 44.1 Å². The number of hydrogen-bond donors (Lipinski definition) is 1. The van der Waals surface area contributed by atoms with Gasteiger partial charge in [-0.15, -0.1) is 0 Å². The van der Waals surface area contributed by atoms with Gasteiger partial charge in [0.1, 0.15) is 24.4 Å². The summed E-state index contributed by atoms with van der Waals surface area (Å²) >= 11 is 0. The number of ether oxygens (including phenoxy) is 4. The highest BCUT2D eigenvalue weighted by atomic mass is 16.7. The Labute approximate surface area is 244 Å². The van der Waals surface area contributed by atoms with E-state index >= 15 is 0 Å². The van der Waals surface area contributed by atoms with Gasteiger partial charge in [-0.3, -0.25) is 9.59 Å². The number of aliphatic hydroxyl groups is 1. The first-order valence-corrected chi connectivity index (χ1v) is 16.0. The van der Waals surface area contributed by atoms with Crippen LogP contribution in [0.15, 0.2) is 23.0 Å². The molecule has 0 radical (unpaired) electrons. The van der Waals surface area contributed by atoms with E-state index in [1.807, 2.05) is 19.9 Å². The molecule has 4 saturated carbocycles. The standard InChI is InChI=1S/C33H40O9/c1-29(2)22-20(34)23(35)32(18-7-5-4-6-8-18)21-16(9-10-19-25(41-29)31(21,22)15-39-27(19)36)13-30(3)24(17-11-12-38-14-17)40-28(37)26-33(30,32)42-26/h11-12,14,16,18-19,21-26,35H,4-10,13,15H2,1-3H3. The first-order valence-electron chi connectivity index (χ1n) is 16.0. The molecular formula is C33H40O9. The third-order valence-electron chi connectivity index (χ3n) is 13.7. The van der Waals surface area contributed by atoms with Crippen LogP contribution in [0.2, 0.25) is 0 Å². The third kappa shape index (κ3) is 2.58. The summed E-state index contributed by atoms with van der Waals surface area (Å²) in [5, 5.41) is 12.8. The molecule has 42 heavy (non-hydrogen) atoms. The van der Waals surface area contributed by atoms with Gasteiger partial charge in [-0.2, -0.15) is 0 Å². The maximum Gasteiger partial charge on any atom is 0.339 e. The second kappa shape index (κ2) is 7.88. The molecule has 12 atom stereocenters. The van der Waals surface area contributed by atoms with Crippen molar-refractivity contribution < 1.29 is 42.9 Å². The van der Waals surface area contributed by atoms with Crippen molar-refractivity contribution in [3.05, 3.63) is 24.2 Å². The summed E-state index contributed by atoms with van der Waals surface area (Å²) in [6, 6.07) is 1.84. The van der Waals surface area contributed by atoms with Gasteiger partial charge in [-0.25, -0.2) is 4.79 Å². The summed E-state index contributed by atoms with van der Waals surface area (Å²) in [6.45, 7) is 6.11. The van der Waals surface area contributed by atoms with Crippen LogP contribution in [0.1, 0.15) is 83.8 Å². The Kier molecular flexibility index (Phi) is 4.92. The number of aliphatic hydroxyl groups excluding tert-OH is 1. The van der Waals surface area contributed by atoms with Crippen molar-refractivity contribution in [3.8, 4) is 0 Å². The molecule has 9 heteroatoms. The van der Waals surface area contributed by atoms with E-state index in [1.165, 1.54) is 0 Å². The lowest BCUT2D eigenvalue weighted by molar-refractivity contribution is -0.289. The molecule has 0 amide bonds. The van der Waals surface area contributed by atoms with E-state index in [2.05, 4.69) is 6.92 Å². The number of esters is 2. The second-order valence-corrected chi connectivity index (χ2v) is 15.5. The average Bonchev–Trinajstić information content (AvgIpc) is 3.43. The van der Waals surface area contributed by atoms with Gasteiger partial charge < -0.3 is 28.5 Å². The Bertz CT molecular complexity index is 1380. The van der Waals surface area contributed by atoms with Gasteiger partial charge in [0.15, 0.2) is 11.9 Å². The highest BCUT2D eigenvalue weighted by Gasteiger charge is 2.94. The van der Waals surface area contributed by atoms with E-state index in [9.17, 15) is 19.5 Å². The molecule has 5 heterocycles. The number of Topliss-reactive ketones (excluding diaryl/α,β-unsaturated/α-hetero) is 1. The Morgan fingerprint density at radius 3 is 2.45 bits per heavy atom. The summed E-state index contributed by atoms with van der Waals surface area (Å²) in [6.07, 6.45) is 6.73. The smallest absolute Gasteiger partial charge is 0.339 e. The lowest BCUT2D eigenvalue weighted by atomic mass is 9.31. The summed E-state index contributed by atoms with van der Waals surface area (Å²) in [4.78, 5) is 42.1. The van der Waals surface area contributed by atoms with Crippen LogP contribution in [-0.4, -0.2) is 58.9 Å². The number of rotatable bonds is 2. The van der Waals surface area contributed by atoms with Crippen molar-refractivity contribution in [1.29, 1.82) is 0 Å². The van der Waals surface area contributed by atoms with Crippen molar-refractivity contribution >= 4 is 17.7 Å². The van der Waals surface area contributed by atoms with E-state index in [4.69, 9.17) is 23.4 Å². The predicted molar refractivity (Wildman–Crippen MR) is 143 cm³/mol. The van der Waals surface area contributed by atoms with Crippen LogP contribution < -0.4 is 0 Å². The Morgan fingerprint density at radius 2 is 1.71 bits per heavy atom. The van der Waals surface area contributed by atoms with E-state index in [0.29, 0.717) is 12.8 Å². The Balaban J connectivity index is 1.36. The van der Waals surface area contributed by atoms with Gasteiger partial charge >= 0.3 is 11.9 Å². The molecule has 8 fully saturated rings. The molecule has 1 aromatic rings. The van der Waals surface area contributed by atoms with Crippen molar-refractivity contribution in [2.24, 2.45) is 45.8 Å². The molecule has 4 aliphatic heterocycles. The van der Waals surface area contributed by atoms with Gasteiger partial charge in [-0.1, -0.05) is 26.2 Å². The molecule has 0 aromatic carbocycles. The van der Waals surface area contributed by atoms with Gasteiger partial charge in [-0.05, 0) is 69.8 Å². The van der Waals surface area contributed by atoms with Crippen LogP contribution in [0, 0.1) is 45.8 Å². The number of carbonyl (C=O) groups is 3. The molecule has 2 bridgehead atoms. The first kappa shape index (κ1) is 26.2. The van der Waals surface area contributed by atoms with Crippen LogP contribution in [0.25, 0.3) is 0 Å². The zero-order valence-electron chi connectivity index (χ0n) is 24.5. The maximum absolute atomic E-state index is 15.0. The Morgan fingerprint density at radius 1 is 0.929 bits per heavy atom. The fourth-order valence-electron chi connectivity index (χ4n) is 12.9. The van der Waals surface area contributed by atoms with Crippen LogP contribution >= 0.6 is 0 Å². The molecule has 4 saturated heterocycles. The van der Waals surface area contributed by atoms with Crippen LogP contribution in [-0.2, 0) is 33.3 Å². The monoisotopic (exact) mass is 580 g/mol. The van der Waals surface area contributed by atoms with Crippen molar-refractivity contribution in [2.75, 3.05) is 6.61 Å². The number of furan rings is 1. The largest absolute Gasteiger partial charge is 0.472 e. The third-order valence-corrected chi connectivity index (χ3v) is 13.7. The second-order valence-electron chi connectivity index (χ2n) is 15.5. The average molecular weight is 581 g/mol. The van der Waals surface area contributed by atoms with E-state index < -0.39 is 69.7 Å². The van der Waals surface area contributed by atoms with Crippen LogP contribution in [0.3, 0.4) is 0 Å². The van der Waals surface area contributed by atoms with Crippen molar-refractivity contribution in [2.45, 2.75) is 108 Å². The quantitative estimate of drug-likeness (QED) is 0.409. The Hall–Kier alpha value is -2.23. The van der Waals surface area contributed by atoms with E-state index in [1.54, 1.807) is 12.5 Å². The molecule has 1 N–H and O–H groups in total. The highest BCUT2D eigenvalue weighted by Crippen LogP contribution is 2.84. The maximum atomic E-state index is 15.0. The van der Waals surface area contributed by atoms with Gasteiger partial charge in [0.25, 0.3) is 0 Å². The van der Waals surface area contributed by atoms with Crippen LogP contribution in [0.4, 0.5) is 0 Å². The minimum atomic E-state index is -1.33. The normalized spacial score (nSPS) is 53.7. The van der Waals surface area contributed by atoms with Crippen molar-refractivity contribution in [1.82, 2.24) is 0 Å². The summed E-state index contributed by atoms with van der Waals surface area (Å²) in [5.41, 5.74) is -3.79. The molecule has 2 spiro atoms. The predicted octanol–water partition coefficient (Wildman–Crippen LogP) is 3.91. The SMILES string of the molecule is CC1(C)OC2C3CCC4CC5(C)C(c6ccoc6)OC(=O)C6OC65C5(C6CCCCC6)C(O)C(=O)C1C2(COC3=O)C45. The van der Waals surface area contributed by atoms with Gasteiger partial charge in [0, 0.05) is 21.8 Å². The van der Waals surface area contributed by atoms with E-state index in [-0.39, 0.29) is 36.1 Å². The zero-order chi connectivity index (χ0) is 29.0. The zero-order valence-corrected chi connectivity index (χ0v) is 24.5. The molecule has 226 valence electrons. The lowest BCUT2D eigenvalue weighted by Gasteiger charge is -2.71. The van der Waals surface area contributed by atoms with Crippen molar-refractivity contribution in [3.63, 3.8) is 0 Å².